The molecule has 0 saturated heterocycles. The van der Waals surface area contributed by atoms with Crippen LogP contribution >= 0.6 is 0 Å². The molecule has 0 spiro atoms. The first-order chi connectivity index (χ1) is 8.45. The number of hydrogen-bond acceptors (Lipinski definition) is 0. The largest absolute Gasteiger partial charge is 0.0651 e. The van der Waals surface area contributed by atoms with E-state index < -0.39 is 0 Å². The maximum atomic E-state index is 2.45. The Morgan fingerprint density at radius 2 is 1.39 bits per heavy atom. The highest BCUT2D eigenvalue weighted by Crippen LogP contribution is 2.44. The molecule has 2 unspecified atom stereocenters. The Hall–Kier alpha value is 0. The van der Waals surface area contributed by atoms with Crippen LogP contribution in [-0.4, -0.2) is 0 Å². The molecule has 0 aliphatic heterocycles. The van der Waals surface area contributed by atoms with Crippen molar-refractivity contribution < 1.29 is 0 Å². The zero-order valence-corrected chi connectivity index (χ0v) is 14.2. The lowest BCUT2D eigenvalue weighted by Crippen LogP contribution is -2.30. The van der Waals surface area contributed by atoms with E-state index in [9.17, 15) is 0 Å². The Bertz CT molecular complexity index is 190. The Kier molecular flexibility index (Phi) is 8.99. The zero-order chi connectivity index (χ0) is 14.2. The van der Waals surface area contributed by atoms with E-state index >= 15 is 0 Å². The van der Waals surface area contributed by atoms with Crippen LogP contribution in [0, 0.1) is 23.2 Å². The van der Waals surface area contributed by atoms with Crippen molar-refractivity contribution >= 4 is 0 Å². The van der Waals surface area contributed by atoms with Crippen LogP contribution in [0.25, 0.3) is 0 Å². The predicted molar refractivity (Wildman–Crippen MR) is 84.9 cm³/mol. The Morgan fingerprint density at radius 1 is 0.833 bits per heavy atom. The molecule has 0 saturated carbocycles. The van der Waals surface area contributed by atoms with Gasteiger partial charge >= 0.3 is 0 Å². The highest BCUT2D eigenvalue weighted by atomic mass is 14.4. The number of rotatable bonds is 10. The molecule has 0 rings (SSSR count). The lowest BCUT2D eigenvalue weighted by molar-refractivity contribution is 0.103. The Morgan fingerprint density at radius 3 is 1.72 bits per heavy atom. The van der Waals surface area contributed by atoms with Gasteiger partial charge in [-0.15, -0.1) is 0 Å². The first-order valence-electron chi connectivity index (χ1n) is 8.45. The van der Waals surface area contributed by atoms with Gasteiger partial charge in [-0.3, -0.25) is 0 Å². The molecular formula is C18H38. The van der Waals surface area contributed by atoms with Gasteiger partial charge in [-0.25, -0.2) is 0 Å². The first-order valence-corrected chi connectivity index (χ1v) is 8.45. The minimum Gasteiger partial charge on any atom is -0.0651 e. The zero-order valence-electron chi connectivity index (χ0n) is 14.2. The minimum atomic E-state index is 0.597. The summed E-state index contributed by atoms with van der Waals surface area (Å²) in [5.74, 6) is 2.66. The van der Waals surface area contributed by atoms with Crippen LogP contribution in [0.1, 0.15) is 93.4 Å². The fraction of sp³-hybridized carbons (Fsp3) is 1.00. The van der Waals surface area contributed by atoms with Crippen LogP contribution in [0.4, 0.5) is 0 Å². The molecule has 0 bridgehead atoms. The van der Waals surface area contributed by atoms with Gasteiger partial charge in [-0.2, -0.15) is 0 Å². The normalized spacial score (nSPS) is 17.2. The second kappa shape index (κ2) is 8.99. The van der Waals surface area contributed by atoms with Crippen molar-refractivity contribution in [2.45, 2.75) is 93.4 Å². The third kappa shape index (κ3) is 5.33. The second-order valence-corrected chi connectivity index (χ2v) is 6.81. The van der Waals surface area contributed by atoms with Crippen LogP contribution < -0.4 is 0 Å². The summed E-state index contributed by atoms with van der Waals surface area (Å²) < 4.78 is 0. The first kappa shape index (κ1) is 18.0. The molecule has 0 amide bonds. The van der Waals surface area contributed by atoms with Crippen molar-refractivity contribution in [2.24, 2.45) is 23.2 Å². The van der Waals surface area contributed by atoms with Crippen LogP contribution in [0.15, 0.2) is 0 Å². The summed E-state index contributed by atoms with van der Waals surface area (Å²) >= 11 is 0. The summed E-state index contributed by atoms with van der Waals surface area (Å²) in [4.78, 5) is 0. The molecule has 18 heavy (non-hydrogen) atoms. The van der Waals surface area contributed by atoms with Gasteiger partial charge in [0.15, 0.2) is 0 Å². The standard InChI is InChI=1S/C18H38/c1-8-16(7)12-13-18(11-4,15(5)6)14-17(9-2)10-3/h15-17H,8-14H2,1-7H3. The molecule has 0 radical (unpaired) electrons. The van der Waals surface area contributed by atoms with Gasteiger partial charge in [0.1, 0.15) is 0 Å². The number of hydrogen-bond donors (Lipinski definition) is 0. The lowest BCUT2D eigenvalue weighted by Gasteiger charge is -2.40. The topological polar surface area (TPSA) is 0 Å². The van der Waals surface area contributed by atoms with Crippen molar-refractivity contribution in [1.82, 2.24) is 0 Å². The van der Waals surface area contributed by atoms with E-state index in [1.807, 2.05) is 0 Å². The van der Waals surface area contributed by atoms with Crippen molar-refractivity contribution in [3.63, 3.8) is 0 Å². The summed E-state index contributed by atoms with van der Waals surface area (Å²) in [6.45, 7) is 16.8. The molecule has 0 N–H and O–H groups in total. The van der Waals surface area contributed by atoms with Gasteiger partial charge in [-0.1, -0.05) is 80.6 Å². The van der Waals surface area contributed by atoms with Crippen LogP contribution in [0.2, 0.25) is 0 Å². The van der Waals surface area contributed by atoms with E-state index in [1.54, 1.807) is 0 Å². The molecule has 2 atom stereocenters. The summed E-state index contributed by atoms with van der Waals surface area (Å²) in [6, 6.07) is 0. The van der Waals surface area contributed by atoms with Crippen molar-refractivity contribution in [2.75, 3.05) is 0 Å². The molecule has 0 aliphatic carbocycles. The summed E-state index contributed by atoms with van der Waals surface area (Å²) in [5.41, 5.74) is 0.597. The molecule has 0 aromatic carbocycles. The third-order valence-corrected chi connectivity index (χ3v) is 5.61. The molecule has 0 aliphatic rings. The minimum absolute atomic E-state index is 0.597. The van der Waals surface area contributed by atoms with Crippen molar-refractivity contribution in [3.05, 3.63) is 0 Å². The van der Waals surface area contributed by atoms with E-state index in [1.165, 1.54) is 44.9 Å². The summed E-state index contributed by atoms with van der Waals surface area (Å²) in [6.07, 6.45) is 9.71. The average molecular weight is 255 g/mol. The molecule has 0 heterocycles. The smallest absolute Gasteiger partial charge is 0.0274 e. The van der Waals surface area contributed by atoms with E-state index in [0.29, 0.717) is 5.41 Å². The molecule has 110 valence electrons. The van der Waals surface area contributed by atoms with Crippen LogP contribution in [0.3, 0.4) is 0 Å². The fourth-order valence-corrected chi connectivity index (χ4v) is 3.25. The van der Waals surface area contributed by atoms with E-state index in [2.05, 4.69) is 48.5 Å². The van der Waals surface area contributed by atoms with Gasteiger partial charge in [0, 0.05) is 0 Å². The lowest BCUT2D eigenvalue weighted by atomic mass is 9.65. The van der Waals surface area contributed by atoms with Crippen molar-refractivity contribution in [1.29, 1.82) is 0 Å². The van der Waals surface area contributed by atoms with Crippen molar-refractivity contribution in [3.8, 4) is 0 Å². The van der Waals surface area contributed by atoms with E-state index in [0.717, 1.165) is 17.8 Å². The van der Waals surface area contributed by atoms with E-state index in [4.69, 9.17) is 0 Å². The summed E-state index contributed by atoms with van der Waals surface area (Å²) in [5, 5.41) is 0. The maximum absolute atomic E-state index is 2.45. The molecule has 0 fully saturated rings. The molecule has 0 heteroatoms. The fourth-order valence-electron chi connectivity index (χ4n) is 3.25. The molecular weight excluding hydrogens is 216 g/mol. The van der Waals surface area contributed by atoms with E-state index in [-0.39, 0.29) is 0 Å². The van der Waals surface area contributed by atoms with Gasteiger partial charge in [0.05, 0.1) is 0 Å². The third-order valence-electron chi connectivity index (χ3n) is 5.61. The molecule has 0 aromatic rings. The Balaban J connectivity index is 4.70. The Labute approximate surface area is 117 Å². The van der Waals surface area contributed by atoms with Crippen LogP contribution in [0.5, 0.6) is 0 Å². The molecule has 0 nitrogen and oxygen atoms in total. The van der Waals surface area contributed by atoms with Gasteiger partial charge in [-0.05, 0) is 36.0 Å². The SMILES string of the molecule is CCC(C)CCC(CC)(CC(CC)CC)C(C)C. The highest BCUT2D eigenvalue weighted by Gasteiger charge is 2.33. The monoisotopic (exact) mass is 254 g/mol. The maximum Gasteiger partial charge on any atom is -0.0274 e. The van der Waals surface area contributed by atoms with Gasteiger partial charge < -0.3 is 0 Å². The average Bonchev–Trinajstić information content (AvgIpc) is 2.38. The predicted octanol–water partition coefficient (Wildman–Crippen LogP) is 6.69. The highest BCUT2D eigenvalue weighted by molar-refractivity contribution is 4.84. The van der Waals surface area contributed by atoms with Gasteiger partial charge in [0.25, 0.3) is 0 Å². The summed E-state index contributed by atoms with van der Waals surface area (Å²) in [7, 11) is 0. The second-order valence-electron chi connectivity index (χ2n) is 6.81. The quantitative estimate of drug-likeness (QED) is 0.407. The molecule has 0 aromatic heterocycles. The van der Waals surface area contributed by atoms with Gasteiger partial charge in [0.2, 0.25) is 0 Å². The van der Waals surface area contributed by atoms with Crippen LogP contribution in [-0.2, 0) is 0 Å².